The van der Waals surface area contributed by atoms with Crippen molar-refractivity contribution in [3.05, 3.63) is 39.9 Å². The molecule has 5 heteroatoms. The van der Waals surface area contributed by atoms with E-state index in [1.807, 2.05) is 39.0 Å². The molecule has 1 aromatic carbocycles. The smallest absolute Gasteiger partial charge is 0.326 e. The molecule has 0 bridgehead atoms. The Balaban J connectivity index is 2.71. The van der Waals surface area contributed by atoms with Crippen LogP contribution in [0, 0.1) is 12.8 Å². The summed E-state index contributed by atoms with van der Waals surface area (Å²) >= 11 is 3.43. The second-order valence-corrected chi connectivity index (χ2v) is 6.24. The van der Waals surface area contributed by atoms with Gasteiger partial charge in [-0.1, -0.05) is 41.9 Å². The van der Waals surface area contributed by atoms with Crippen LogP contribution in [-0.4, -0.2) is 23.0 Å². The third-order valence-electron chi connectivity index (χ3n) is 2.89. The molecule has 21 heavy (non-hydrogen) atoms. The Bertz CT molecular complexity index is 552. The van der Waals surface area contributed by atoms with Crippen LogP contribution in [-0.2, 0) is 9.59 Å². The Morgan fingerprint density at radius 2 is 2.05 bits per heavy atom. The number of aryl methyl sites for hydroxylation is 1. The highest BCUT2D eigenvalue weighted by Gasteiger charge is 2.19. The molecule has 0 aliphatic carbocycles. The first-order chi connectivity index (χ1) is 9.79. The molecule has 0 aliphatic rings. The van der Waals surface area contributed by atoms with Crippen molar-refractivity contribution in [3.63, 3.8) is 0 Å². The zero-order valence-electron chi connectivity index (χ0n) is 12.4. The van der Waals surface area contributed by atoms with Crippen LogP contribution in [0.5, 0.6) is 0 Å². The quantitative estimate of drug-likeness (QED) is 0.770. The summed E-state index contributed by atoms with van der Waals surface area (Å²) in [4.78, 5) is 22.9. The van der Waals surface area contributed by atoms with E-state index in [-0.39, 0.29) is 5.92 Å². The first kappa shape index (κ1) is 17.4. The third-order valence-corrected chi connectivity index (χ3v) is 3.58. The molecule has 1 aromatic rings. The molecule has 0 heterocycles. The molecular formula is C16H20BrNO3. The number of hydrogen-bond acceptors (Lipinski definition) is 2. The molecule has 0 spiro atoms. The molecule has 0 unspecified atom stereocenters. The largest absolute Gasteiger partial charge is 0.480 e. The van der Waals surface area contributed by atoms with Crippen molar-refractivity contribution in [2.24, 2.45) is 5.92 Å². The predicted molar refractivity (Wildman–Crippen MR) is 86.9 cm³/mol. The van der Waals surface area contributed by atoms with Crippen LogP contribution in [0.15, 0.2) is 28.7 Å². The fourth-order valence-corrected chi connectivity index (χ4v) is 2.47. The summed E-state index contributed by atoms with van der Waals surface area (Å²) in [6, 6.07) is 4.94. The Morgan fingerprint density at radius 1 is 1.38 bits per heavy atom. The average molecular weight is 354 g/mol. The van der Waals surface area contributed by atoms with Gasteiger partial charge in [0.05, 0.1) is 0 Å². The maximum absolute atomic E-state index is 11.8. The maximum atomic E-state index is 11.8. The first-order valence-corrected chi connectivity index (χ1v) is 7.56. The summed E-state index contributed by atoms with van der Waals surface area (Å²) < 4.78 is 0.892. The summed E-state index contributed by atoms with van der Waals surface area (Å²) in [5, 5.41) is 11.6. The predicted octanol–water partition coefficient (Wildman–Crippen LogP) is 3.39. The highest BCUT2D eigenvalue weighted by atomic mass is 79.9. The van der Waals surface area contributed by atoms with Crippen molar-refractivity contribution in [2.75, 3.05) is 0 Å². The van der Waals surface area contributed by atoms with Crippen molar-refractivity contribution >= 4 is 33.9 Å². The minimum absolute atomic E-state index is 0.196. The number of benzene rings is 1. The van der Waals surface area contributed by atoms with Gasteiger partial charge >= 0.3 is 5.97 Å². The van der Waals surface area contributed by atoms with Gasteiger partial charge in [0.25, 0.3) is 0 Å². The molecule has 1 rings (SSSR count). The van der Waals surface area contributed by atoms with E-state index in [1.54, 1.807) is 6.08 Å². The zero-order valence-corrected chi connectivity index (χ0v) is 14.0. The minimum Gasteiger partial charge on any atom is -0.480 e. The van der Waals surface area contributed by atoms with Crippen LogP contribution < -0.4 is 5.32 Å². The maximum Gasteiger partial charge on any atom is 0.326 e. The van der Waals surface area contributed by atoms with Gasteiger partial charge in [-0.15, -0.1) is 0 Å². The summed E-state index contributed by atoms with van der Waals surface area (Å²) in [7, 11) is 0. The van der Waals surface area contributed by atoms with Crippen LogP contribution in [0.25, 0.3) is 6.08 Å². The van der Waals surface area contributed by atoms with E-state index in [0.29, 0.717) is 6.42 Å². The van der Waals surface area contributed by atoms with Gasteiger partial charge in [-0.2, -0.15) is 0 Å². The molecule has 0 saturated carbocycles. The molecule has 0 saturated heterocycles. The van der Waals surface area contributed by atoms with Gasteiger partial charge in [0.1, 0.15) is 6.04 Å². The number of amides is 1. The normalized spacial score (nSPS) is 12.6. The second-order valence-electron chi connectivity index (χ2n) is 5.39. The lowest BCUT2D eigenvalue weighted by Crippen LogP contribution is -2.40. The highest BCUT2D eigenvalue weighted by molar-refractivity contribution is 9.10. The van der Waals surface area contributed by atoms with Gasteiger partial charge in [0, 0.05) is 10.5 Å². The lowest BCUT2D eigenvalue weighted by Gasteiger charge is -2.15. The Hall–Kier alpha value is -1.62. The van der Waals surface area contributed by atoms with E-state index in [2.05, 4.69) is 21.2 Å². The van der Waals surface area contributed by atoms with Crippen LogP contribution in [0.2, 0.25) is 0 Å². The third kappa shape index (κ3) is 6.12. The molecule has 0 fully saturated rings. The molecule has 1 amide bonds. The van der Waals surface area contributed by atoms with Gasteiger partial charge in [0.2, 0.25) is 5.91 Å². The van der Waals surface area contributed by atoms with E-state index in [0.717, 1.165) is 15.6 Å². The highest BCUT2D eigenvalue weighted by Crippen LogP contribution is 2.19. The molecule has 114 valence electrons. The van der Waals surface area contributed by atoms with Gasteiger partial charge in [0.15, 0.2) is 0 Å². The Morgan fingerprint density at radius 3 is 2.57 bits per heavy atom. The number of rotatable bonds is 6. The molecule has 2 N–H and O–H groups in total. The number of aliphatic carboxylic acids is 1. The number of nitrogens with one attached hydrogen (secondary N) is 1. The number of carbonyl (C=O) groups is 2. The summed E-state index contributed by atoms with van der Waals surface area (Å²) in [6.07, 6.45) is 3.42. The first-order valence-electron chi connectivity index (χ1n) is 6.77. The summed E-state index contributed by atoms with van der Waals surface area (Å²) in [5.41, 5.74) is 1.98. The van der Waals surface area contributed by atoms with Crippen LogP contribution in [0.1, 0.15) is 31.4 Å². The molecule has 0 aromatic heterocycles. The molecule has 0 aliphatic heterocycles. The zero-order chi connectivity index (χ0) is 16.0. The standard InChI is InChI=1S/C16H20BrNO3/c1-10(2)8-14(16(20)21)18-15(19)7-6-12-5-4-11(3)9-13(12)17/h4-7,9-10,14H,8H2,1-3H3,(H,18,19)(H,20,21)/b7-6+/t14-/m0/s1. The van der Waals surface area contributed by atoms with Crippen molar-refractivity contribution in [3.8, 4) is 0 Å². The van der Waals surface area contributed by atoms with Crippen LogP contribution in [0.3, 0.4) is 0 Å². The van der Waals surface area contributed by atoms with E-state index in [9.17, 15) is 9.59 Å². The molecule has 4 nitrogen and oxygen atoms in total. The van der Waals surface area contributed by atoms with Crippen LogP contribution >= 0.6 is 15.9 Å². The fraction of sp³-hybridized carbons (Fsp3) is 0.375. The molecule has 1 atom stereocenters. The SMILES string of the molecule is Cc1ccc(/C=C/C(=O)N[C@@H](CC(C)C)C(=O)O)c(Br)c1. The lowest BCUT2D eigenvalue weighted by atomic mass is 10.0. The van der Waals surface area contributed by atoms with E-state index in [1.165, 1.54) is 6.08 Å². The van der Waals surface area contributed by atoms with Crippen molar-refractivity contribution in [1.82, 2.24) is 5.32 Å². The average Bonchev–Trinajstić information content (AvgIpc) is 2.36. The topological polar surface area (TPSA) is 66.4 Å². The summed E-state index contributed by atoms with van der Waals surface area (Å²) in [5.74, 6) is -1.22. The Labute approximate surface area is 133 Å². The number of carbonyl (C=O) groups excluding carboxylic acids is 1. The number of carboxylic acids is 1. The van der Waals surface area contributed by atoms with Gasteiger partial charge in [-0.05, 0) is 42.5 Å². The van der Waals surface area contributed by atoms with E-state index < -0.39 is 17.9 Å². The second kappa shape index (κ2) is 7.98. The van der Waals surface area contributed by atoms with Gasteiger partial charge < -0.3 is 10.4 Å². The van der Waals surface area contributed by atoms with Gasteiger partial charge in [-0.3, -0.25) is 4.79 Å². The minimum atomic E-state index is -1.01. The fourth-order valence-electron chi connectivity index (χ4n) is 1.85. The lowest BCUT2D eigenvalue weighted by molar-refractivity contribution is -0.141. The molecule has 0 radical (unpaired) electrons. The van der Waals surface area contributed by atoms with Crippen molar-refractivity contribution in [2.45, 2.75) is 33.2 Å². The molecular weight excluding hydrogens is 334 g/mol. The van der Waals surface area contributed by atoms with E-state index >= 15 is 0 Å². The van der Waals surface area contributed by atoms with Crippen molar-refractivity contribution < 1.29 is 14.7 Å². The van der Waals surface area contributed by atoms with Crippen LogP contribution in [0.4, 0.5) is 0 Å². The van der Waals surface area contributed by atoms with Crippen molar-refractivity contribution in [1.29, 1.82) is 0 Å². The Kier molecular flexibility index (Phi) is 6.62. The monoisotopic (exact) mass is 353 g/mol. The number of carboxylic acid groups (broad SMARTS) is 1. The summed E-state index contributed by atoms with van der Waals surface area (Å²) in [6.45, 7) is 5.82. The number of halogens is 1. The number of hydrogen-bond donors (Lipinski definition) is 2. The van der Waals surface area contributed by atoms with E-state index in [4.69, 9.17) is 5.11 Å². The van der Waals surface area contributed by atoms with Gasteiger partial charge in [-0.25, -0.2) is 4.79 Å².